The number of aliphatic hydroxyl groups excluding tert-OH is 2. The highest BCUT2D eigenvalue weighted by molar-refractivity contribution is 6.36. The number of aliphatic hydroxyl groups is 2. The lowest BCUT2D eigenvalue weighted by atomic mass is 9.95. The highest BCUT2D eigenvalue weighted by Gasteiger charge is 2.16. The van der Waals surface area contributed by atoms with Gasteiger partial charge in [0.25, 0.3) is 0 Å². The van der Waals surface area contributed by atoms with Gasteiger partial charge in [0.1, 0.15) is 0 Å². The van der Waals surface area contributed by atoms with Crippen molar-refractivity contribution in [2.24, 2.45) is 0 Å². The largest absolute Gasteiger partial charge is 0.394 e. The summed E-state index contributed by atoms with van der Waals surface area (Å²) in [6.07, 6.45) is -0.285. The Labute approximate surface area is 99.5 Å². The molecule has 0 aliphatic rings. The Morgan fingerprint density at radius 1 is 1.27 bits per heavy atom. The molecule has 1 rings (SSSR count). The summed E-state index contributed by atoms with van der Waals surface area (Å²) >= 11 is 12.0. The molecule has 84 valence electrons. The summed E-state index contributed by atoms with van der Waals surface area (Å²) in [5, 5.41) is 19.3. The van der Waals surface area contributed by atoms with Crippen molar-refractivity contribution in [3.63, 3.8) is 0 Å². The van der Waals surface area contributed by atoms with Gasteiger partial charge < -0.3 is 10.2 Å². The third-order valence-electron chi connectivity index (χ3n) is 2.33. The molecule has 15 heavy (non-hydrogen) atoms. The summed E-state index contributed by atoms with van der Waals surface area (Å²) in [6, 6.07) is 5.32. The average molecular weight is 249 g/mol. The van der Waals surface area contributed by atoms with E-state index in [2.05, 4.69) is 0 Å². The molecule has 0 heterocycles. The van der Waals surface area contributed by atoms with E-state index in [1.165, 1.54) is 0 Å². The topological polar surface area (TPSA) is 40.5 Å². The Balaban J connectivity index is 2.86. The van der Waals surface area contributed by atoms with Crippen LogP contribution in [0.2, 0.25) is 10.0 Å². The number of hydrogen-bond acceptors (Lipinski definition) is 2. The monoisotopic (exact) mass is 248 g/mol. The van der Waals surface area contributed by atoms with Crippen LogP contribution in [0.3, 0.4) is 0 Å². The molecule has 4 heteroatoms. The summed E-state index contributed by atoms with van der Waals surface area (Å²) in [5.41, 5.74) is 0.827. The fourth-order valence-corrected chi connectivity index (χ4v) is 2.35. The second kappa shape index (κ2) is 5.71. The van der Waals surface area contributed by atoms with Crippen molar-refractivity contribution in [2.45, 2.75) is 25.4 Å². The molecule has 1 aromatic carbocycles. The zero-order chi connectivity index (χ0) is 11.4. The first-order chi connectivity index (χ1) is 7.06. The lowest BCUT2D eigenvalue weighted by Gasteiger charge is -2.17. The zero-order valence-electron chi connectivity index (χ0n) is 8.45. The van der Waals surface area contributed by atoms with Crippen LogP contribution in [0.25, 0.3) is 0 Å². The van der Waals surface area contributed by atoms with E-state index < -0.39 is 6.10 Å². The third-order valence-corrected chi connectivity index (χ3v) is 2.99. The molecule has 0 amide bonds. The SMILES string of the molecule is CC(CC(O)CO)c1c(Cl)cccc1Cl. The first kappa shape index (κ1) is 12.8. The first-order valence-corrected chi connectivity index (χ1v) is 5.54. The molecule has 0 saturated heterocycles. The van der Waals surface area contributed by atoms with E-state index in [4.69, 9.17) is 28.3 Å². The van der Waals surface area contributed by atoms with Crippen LogP contribution in [0, 0.1) is 0 Å². The molecule has 0 aliphatic heterocycles. The predicted molar refractivity (Wildman–Crippen MR) is 62.6 cm³/mol. The van der Waals surface area contributed by atoms with Gasteiger partial charge in [-0.1, -0.05) is 36.2 Å². The maximum absolute atomic E-state index is 9.34. The maximum Gasteiger partial charge on any atom is 0.0776 e. The number of hydrogen-bond donors (Lipinski definition) is 2. The third kappa shape index (κ3) is 3.35. The molecule has 0 aromatic heterocycles. The van der Waals surface area contributed by atoms with Crippen LogP contribution in [0.15, 0.2) is 18.2 Å². The molecule has 2 unspecified atom stereocenters. The van der Waals surface area contributed by atoms with Gasteiger partial charge in [-0.25, -0.2) is 0 Å². The van der Waals surface area contributed by atoms with Crippen LogP contribution >= 0.6 is 23.2 Å². The van der Waals surface area contributed by atoms with E-state index in [0.717, 1.165) is 5.56 Å². The van der Waals surface area contributed by atoms with Crippen molar-refractivity contribution in [1.29, 1.82) is 0 Å². The van der Waals surface area contributed by atoms with Gasteiger partial charge in [0, 0.05) is 10.0 Å². The molecule has 0 saturated carbocycles. The highest BCUT2D eigenvalue weighted by Crippen LogP contribution is 2.33. The number of rotatable bonds is 4. The smallest absolute Gasteiger partial charge is 0.0776 e. The predicted octanol–water partition coefficient (Wildman–Crippen LogP) is 2.84. The van der Waals surface area contributed by atoms with Gasteiger partial charge in [-0.3, -0.25) is 0 Å². The van der Waals surface area contributed by atoms with E-state index in [-0.39, 0.29) is 12.5 Å². The maximum atomic E-state index is 9.34. The van der Waals surface area contributed by atoms with Gasteiger partial charge in [-0.2, -0.15) is 0 Å². The molecule has 2 nitrogen and oxygen atoms in total. The summed E-state index contributed by atoms with van der Waals surface area (Å²) in [7, 11) is 0. The molecule has 2 atom stereocenters. The van der Waals surface area contributed by atoms with Crippen molar-refractivity contribution in [1.82, 2.24) is 0 Å². The second-order valence-corrected chi connectivity index (χ2v) is 4.42. The van der Waals surface area contributed by atoms with Crippen LogP contribution in [0.4, 0.5) is 0 Å². The van der Waals surface area contributed by atoms with E-state index in [9.17, 15) is 5.11 Å². The Bertz CT molecular complexity index is 308. The number of benzene rings is 1. The summed E-state index contributed by atoms with van der Waals surface area (Å²) < 4.78 is 0. The van der Waals surface area contributed by atoms with Gasteiger partial charge >= 0.3 is 0 Å². The van der Waals surface area contributed by atoms with Crippen molar-refractivity contribution in [2.75, 3.05) is 6.61 Å². The summed E-state index contributed by atoms with van der Waals surface area (Å²) in [4.78, 5) is 0. The van der Waals surface area contributed by atoms with Crippen LogP contribution in [-0.4, -0.2) is 22.9 Å². The molecule has 0 radical (unpaired) electrons. The van der Waals surface area contributed by atoms with Crippen molar-refractivity contribution < 1.29 is 10.2 Å². The summed E-state index contributed by atoms with van der Waals surface area (Å²) in [6.45, 7) is 1.68. The molecule has 0 fully saturated rings. The standard InChI is InChI=1S/C11H14Cl2O2/c1-7(5-8(15)6-14)11-9(12)3-2-4-10(11)13/h2-4,7-8,14-15H,5-6H2,1H3. The van der Waals surface area contributed by atoms with E-state index in [0.29, 0.717) is 16.5 Å². The lowest BCUT2D eigenvalue weighted by molar-refractivity contribution is 0.0835. The van der Waals surface area contributed by atoms with Gasteiger partial charge in [-0.15, -0.1) is 0 Å². The van der Waals surface area contributed by atoms with Crippen molar-refractivity contribution in [3.8, 4) is 0 Å². The minimum atomic E-state index is -0.729. The Kier molecular flexibility index (Phi) is 4.87. The fourth-order valence-electron chi connectivity index (χ4n) is 1.58. The van der Waals surface area contributed by atoms with E-state index >= 15 is 0 Å². The number of halogens is 2. The van der Waals surface area contributed by atoms with Crippen LogP contribution in [-0.2, 0) is 0 Å². The zero-order valence-corrected chi connectivity index (χ0v) is 9.96. The molecule has 0 spiro atoms. The minimum absolute atomic E-state index is 0.0216. The minimum Gasteiger partial charge on any atom is -0.394 e. The Morgan fingerprint density at radius 2 is 1.80 bits per heavy atom. The normalized spacial score (nSPS) is 15.0. The van der Waals surface area contributed by atoms with Crippen LogP contribution in [0.1, 0.15) is 24.8 Å². The fraction of sp³-hybridized carbons (Fsp3) is 0.455. The van der Waals surface area contributed by atoms with Crippen LogP contribution in [0.5, 0.6) is 0 Å². The summed E-state index contributed by atoms with van der Waals surface area (Å²) in [5.74, 6) is 0.0216. The lowest BCUT2D eigenvalue weighted by Crippen LogP contribution is -2.15. The van der Waals surface area contributed by atoms with Crippen molar-refractivity contribution >= 4 is 23.2 Å². The Morgan fingerprint density at radius 3 is 2.27 bits per heavy atom. The molecular weight excluding hydrogens is 235 g/mol. The molecular formula is C11H14Cl2O2. The van der Waals surface area contributed by atoms with E-state index in [1.54, 1.807) is 18.2 Å². The van der Waals surface area contributed by atoms with Gasteiger partial charge in [0.05, 0.1) is 12.7 Å². The van der Waals surface area contributed by atoms with Gasteiger partial charge in [-0.05, 0) is 30.0 Å². The Hall–Kier alpha value is -0.280. The molecule has 0 bridgehead atoms. The average Bonchev–Trinajstić information content (AvgIpc) is 2.17. The quantitative estimate of drug-likeness (QED) is 0.861. The first-order valence-electron chi connectivity index (χ1n) is 4.79. The van der Waals surface area contributed by atoms with E-state index in [1.807, 2.05) is 6.92 Å². The van der Waals surface area contributed by atoms with Gasteiger partial charge in [0.15, 0.2) is 0 Å². The second-order valence-electron chi connectivity index (χ2n) is 3.61. The molecule has 2 N–H and O–H groups in total. The molecule has 0 aliphatic carbocycles. The van der Waals surface area contributed by atoms with Crippen LogP contribution < -0.4 is 0 Å². The highest BCUT2D eigenvalue weighted by atomic mass is 35.5. The van der Waals surface area contributed by atoms with Gasteiger partial charge in [0.2, 0.25) is 0 Å². The molecule has 1 aromatic rings. The van der Waals surface area contributed by atoms with Crippen molar-refractivity contribution in [3.05, 3.63) is 33.8 Å².